The summed E-state index contributed by atoms with van der Waals surface area (Å²) in [4.78, 5) is 16.1. The quantitative estimate of drug-likeness (QED) is 0.327. The number of carbonyl (C=O) groups excluding carboxylic acids is 1. The number of guanidine groups is 1. The van der Waals surface area contributed by atoms with Crippen molar-refractivity contribution in [3.05, 3.63) is 30.1 Å². The van der Waals surface area contributed by atoms with Crippen LogP contribution >= 0.6 is 35.7 Å². The molecule has 1 rings (SSSR count). The van der Waals surface area contributed by atoms with Crippen LogP contribution < -0.4 is 16.0 Å². The molecule has 0 aliphatic carbocycles. The number of rotatable bonds is 7. The molecule has 0 aliphatic rings. The largest absolute Gasteiger partial charge is 0.357 e. The molecule has 0 saturated heterocycles. The van der Waals surface area contributed by atoms with E-state index in [1.54, 1.807) is 23.9 Å². The Kier molecular flexibility index (Phi) is 11.0. The van der Waals surface area contributed by atoms with Crippen LogP contribution in [0.3, 0.4) is 0 Å². The van der Waals surface area contributed by atoms with Gasteiger partial charge < -0.3 is 16.0 Å². The molecule has 1 aromatic carbocycles. The minimum Gasteiger partial charge on any atom is -0.357 e. The van der Waals surface area contributed by atoms with E-state index >= 15 is 0 Å². The molecule has 0 heterocycles. The fraction of sp³-hybridized carbons (Fsp3) is 0.500. The lowest BCUT2D eigenvalue weighted by Crippen LogP contribution is -2.43. The number of amides is 1. The first kappa shape index (κ1) is 23.0. The van der Waals surface area contributed by atoms with Gasteiger partial charge in [0.05, 0.1) is 0 Å². The molecule has 0 aliphatic heterocycles. The highest BCUT2D eigenvalue weighted by molar-refractivity contribution is 14.0. The summed E-state index contributed by atoms with van der Waals surface area (Å²) >= 11 is 1.75. The molecular formula is C16H26FIN4OS. The van der Waals surface area contributed by atoms with Crippen molar-refractivity contribution in [3.8, 4) is 0 Å². The molecule has 0 spiro atoms. The second kappa shape index (κ2) is 11.5. The van der Waals surface area contributed by atoms with Crippen molar-refractivity contribution < 1.29 is 9.18 Å². The number of thioether (sulfide) groups is 1. The Hall–Kier alpha value is -1.03. The Balaban J connectivity index is 0.00000529. The summed E-state index contributed by atoms with van der Waals surface area (Å²) < 4.78 is 13.1. The van der Waals surface area contributed by atoms with Crippen molar-refractivity contribution >= 4 is 53.3 Å². The van der Waals surface area contributed by atoms with Crippen molar-refractivity contribution in [1.82, 2.24) is 10.6 Å². The molecule has 0 saturated carbocycles. The van der Waals surface area contributed by atoms with E-state index in [0.29, 0.717) is 18.2 Å². The van der Waals surface area contributed by atoms with Crippen LogP contribution in [0.15, 0.2) is 29.3 Å². The maximum absolute atomic E-state index is 13.1. The van der Waals surface area contributed by atoms with Gasteiger partial charge in [-0.15, -0.1) is 24.0 Å². The van der Waals surface area contributed by atoms with Gasteiger partial charge in [-0.1, -0.05) is 6.07 Å². The molecule has 0 aromatic heterocycles. The number of hydrogen-bond acceptors (Lipinski definition) is 3. The van der Waals surface area contributed by atoms with Crippen LogP contribution in [0, 0.1) is 5.82 Å². The van der Waals surface area contributed by atoms with E-state index in [9.17, 15) is 9.18 Å². The van der Waals surface area contributed by atoms with Crippen LogP contribution in [0.25, 0.3) is 0 Å². The molecule has 0 fully saturated rings. The van der Waals surface area contributed by atoms with Crippen LogP contribution in [0.2, 0.25) is 0 Å². The number of halogens is 2. The first-order valence-corrected chi connectivity index (χ1v) is 8.71. The maximum Gasteiger partial charge on any atom is 0.246 e. The highest BCUT2D eigenvalue weighted by atomic mass is 127. The van der Waals surface area contributed by atoms with Crippen molar-refractivity contribution in [2.24, 2.45) is 4.99 Å². The van der Waals surface area contributed by atoms with E-state index in [1.165, 1.54) is 12.1 Å². The zero-order valence-electron chi connectivity index (χ0n) is 14.5. The van der Waals surface area contributed by atoms with Crippen LogP contribution in [0.1, 0.15) is 20.8 Å². The lowest BCUT2D eigenvalue weighted by molar-refractivity contribution is -0.114. The maximum atomic E-state index is 13.1. The topological polar surface area (TPSA) is 65.5 Å². The first-order chi connectivity index (χ1) is 10.9. The van der Waals surface area contributed by atoms with Gasteiger partial charge in [0.2, 0.25) is 5.91 Å². The van der Waals surface area contributed by atoms with Gasteiger partial charge in [0.25, 0.3) is 0 Å². The van der Waals surface area contributed by atoms with E-state index < -0.39 is 0 Å². The van der Waals surface area contributed by atoms with Gasteiger partial charge in [-0.05, 0) is 45.2 Å². The number of benzene rings is 1. The third kappa shape index (κ3) is 9.31. The number of aliphatic imine (C=N–C) groups is 1. The number of anilines is 1. The van der Waals surface area contributed by atoms with Crippen molar-refractivity contribution in [2.75, 3.05) is 31.2 Å². The second-order valence-corrected chi connectivity index (χ2v) is 7.08. The summed E-state index contributed by atoms with van der Waals surface area (Å²) in [5, 5.41) is 8.93. The molecule has 3 N–H and O–H groups in total. The highest BCUT2D eigenvalue weighted by Crippen LogP contribution is 2.19. The summed E-state index contributed by atoms with van der Waals surface area (Å²) in [6.45, 7) is 7.62. The molecule has 0 bridgehead atoms. The summed E-state index contributed by atoms with van der Waals surface area (Å²) in [7, 11) is 0. The fourth-order valence-electron chi connectivity index (χ4n) is 1.63. The molecule has 1 amide bonds. The Labute approximate surface area is 164 Å². The predicted octanol–water partition coefficient (Wildman–Crippen LogP) is 3.08. The molecular weight excluding hydrogens is 442 g/mol. The predicted molar refractivity (Wildman–Crippen MR) is 112 cm³/mol. The average Bonchev–Trinajstić information content (AvgIpc) is 2.50. The van der Waals surface area contributed by atoms with Gasteiger partial charge in [0.15, 0.2) is 5.96 Å². The molecule has 0 unspecified atom stereocenters. The van der Waals surface area contributed by atoms with Crippen molar-refractivity contribution in [3.63, 3.8) is 0 Å². The Morgan fingerprint density at radius 2 is 2.04 bits per heavy atom. The van der Waals surface area contributed by atoms with Crippen LogP contribution in [-0.4, -0.2) is 42.5 Å². The van der Waals surface area contributed by atoms with Gasteiger partial charge in [-0.2, -0.15) is 11.8 Å². The van der Waals surface area contributed by atoms with Crippen molar-refractivity contribution in [1.29, 1.82) is 0 Å². The fourth-order valence-corrected chi connectivity index (χ4v) is 1.84. The number of nitrogens with one attached hydrogen (secondary N) is 3. The number of carbonyl (C=O) groups is 1. The Morgan fingerprint density at radius 1 is 1.33 bits per heavy atom. The average molecular weight is 468 g/mol. The highest BCUT2D eigenvalue weighted by Gasteiger charge is 2.16. The molecule has 0 radical (unpaired) electrons. The minimum absolute atomic E-state index is 0. The third-order valence-electron chi connectivity index (χ3n) is 3.07. The van der Waals surface area contributed by atoms with Crippen molar-refractivity contribution in [2.45, 2.75) is 25.5 Å². The standard InChI is InChI=1S/C16H25FN4OS.HI/c1-5-18-15(20-11-16(2,3)23-4)19-10-14(22)21-13-8-6-7-12(17)9-13;/h6-9H,5,10-11H2,1-4H3,(H,21,22)(H2,18,19,20);1H. The van der Waals surface area contributed by atoms with Crippen LogP contribution in [0.5, 0.6) is 0 Å². The number of nitrogens with zero attached hydrogens (tertiary/aromatic N) is 1. The van der Waals surface area contributed by atoms with Gasteiger partial charge in [-0.25, -0.2) is 9.38 Å². The Morgan fingerprint density at radius 3 is 2.62 bits per heavy atom. The zero-order chi connectivity index (χ0) is 17.3. The molecule has 5 nitrogen and oxygen atoms in total. The molecule has 1 aromatic rings. The van der Waals surface area contributed by atoms with Crippen LogP contribution in [-0.2, 0) is 4.79 Å². The zero-order valence-corrected chi connectivity index (χ0v) is 17.6. The van der Waals surface area contributed by atoms with E-state index in [-0.39, 0.29) is 47.0 Å². The third-order valence-corrected chi connectivity index (χ3v) is 4.32. The monoisotopic (exact) mass is 468 g/mol. The van der Waals surface area contributed by atoms with Gasteiger partial charge in [-0.3, -0.25) is 4.79 Å². The summed E-state index contributed by atoms with van der Waals surface area (Å²) in [6, 6.07) is 5.78. The van der Waals surface area contributed by atoms with Gasteiger partial charge in [0.1, 0.15) is 12.4 Å². The van der Waals surface area contributed by atoms with Gasteiger partial charge in [0, 0.05) is 23.5 Å². The lowest BCUT2D eigenvalue weighted by atomic mass is 10.2. The number of hydrogen-bond donors (Lipinski definition) is 3. The Bertz CT molecular complexity index is 555. The molecule has 136 valence electrons. The van der Waals surface area contributed by atoms with E-state index in [4.69, 9.17) is 0 Å². The summed E-state index contributed by atoms with van der Waals surface area (Å²) in [6.07, 6.45) is 2.05. The minimum atomic E-state index is -0.388. The summed E-state index contributed by atoms with van der Waals surface area (Å²) in [5.41, 5.74) is 0.423. The van der Waals surface area contributed by atoms with Gasteiger partial charge >= 0.3 is 0 Å². The molecule has 8 heteroatoms. The normalized spacial score (nSPS) is 11.5. The molecule has 0 atom stereocenters. The summed E-state index contributed by atoms with van der Waals surface area (Å²) in [5.74, 6) is -0.0958. The first-order valence-electron chi connectivity index (χ1n) is 7.49. The van der Waals surface area contributed by atoms with E-state index in [1.807, 2.05) is 6.92 Å². The molecule has 24 heavy (non-hydrogen) atoms. The lowest BCUT2D eigenvalue weighted by Gasteiger charge is -2.23. The van der Waals surface area contributed by atoms with E-state index in [0.717, 1.165) is 6.54 Å². The van der Waals surface area contributed by atoms with E-state index in [2.05, 4.69) is 41.0 Å². The second-order valence-electron chi connectivity index (χ2n) is 5.57. The SMILES string of the molecule is CCNC(=NCC(=O)Nc1cccc(F)c1)NCC(C)(C)SC.I. The smallest absolute Gasteiger partial charge is 0.246 e. The van der Waals surface area contributed by atoms with Crippen LogP contribution in [0.4, 0.5) is 10.1 Å².